The molecular weight excluding hydrogens is 274 g/mol. The van der Waals surface area contributed by atoms with Crippen molar-refractivity contribution in [2.75, 3.05) is 11.9 Å². The van der Waals surface area contributed by atoms with Crippen molar-refractivity contribution in [3.63, 3.8) is 0 Å². The summed E-state index contributed by atoms with van der Waals surface area (Å²) < 4.78 is 5.43. The fourth-order valence-corrected chi connectivity index (χ4v) is 1.82. The summed E-state index contributed by atoms with van der Waals surface area (Å²) in [6, 6.07) is 3.74. The summed E-state index contributed by atoms with van der Waals surface area (Å²) in [5.41, 5.74) is 5.67. The van der Waals surface area contributed by atoms with Gasteiger partial charge in [0.05, 0.1) is 17.6 Å². The third-order valence-corrected chi connectivity index (χ3v) is 2.87. The average Bonchev–Trinajstić information content (AvgIpc) is 2.41. The third kappa shape index (κ3) is 4.94. The molecule has 21 heavy (non-hydrogen) atoms. The van der Waals surface area contributed by atoms with E-state index in [1.807, 2.05) is 20.8 Å². The SMILES string of the molecule is CCCOc1cc(NC(C(N)=O)C(C)C)cc([N+](=O)[O-])c1. The van der Waals surface area contributed by atoms with Gasteiger partial charge in [-0.2, -0.15) is 0 Å². The number of nitrogens with zero attached hydrogens (tertiary/aromatic N) is 1. The van der Waals surface area contributed by atoms with Crippen LogP contribution < -0.4 is 15.8 Å². The van der Waals surface area contributed by atoms with E-state index in [-0.39, 0.29) is 11.6 Å². The first-order valence-electron chi connectivity index (χ1n) is 6.83. The number of primary amides is 1. The zero-order valence-corrected chi connectivity index (χ0v) is 12.5. The number of nitrogens with one attached hydrogen (secondary N) is 1. The molecule has 0 aliphatic carbocycles. The molecule has 0 aliphatic rings. The first kappa shape index (κ1) is 16.7. The second kappa shape index (κ2) is 7.47. The molecule has 7 nitrogen and oxygen atoms in total. The van der Waals surface area contributed by atoms with Gasteiger partial charge in [-0.1, -0.05) is 20.8 Å². The highest BCUT2D eigenvalue weighted by atomic mass is 16.6. The van der Waals surface area contributed by atoms with E-state index in [9.17, 15) is 14.9 Å². The van der Waals surface area contributed by atoms with Crippen LogP contribution >= 0.6 is 0 Å². The average molecular weight is 295 g/mol. The number of nitro benzene ring substituents is 1. The summed E-state index contributed by atoms with van der Waals surface area (Å²) in [5.74, 6) is -0.158. The smallest absolute Gasteiger partial charge is 0.275 e. The summed E-state index contributed by atoms with van der Waals surface area (Å²) in [5, 5.41) is 13.9. The normalized spacial score (nSPS) is 12.0. The quantitative estimate of drug-likeness (QED) is 0.565. The Morgan fingerprint density at radius 3 is 2.57 bits per heavy atom. The molecule has 3 N–H and O–H groups in total. The Kier molecular flexibility index (Phi) is 5.95. The Morgan fingerprint density at radius 1 is 1.43 bits per heavy atom. The minimum absolute atomic E-state index is 0.0400. The van der Waals surface area contributed by atoms with Crippen molar-refractivity contribution in [3.05, 3.63) is 28.3 Å². The highest BCUT2D eigenvalue weighted by Gasteiger charge is 2.20. The third-order valence-electron chi connectivity index (χ3n) is 2.87. The maximum absolute atomic E-state index is 11.4. The Morgan fingerprint density at radius 2 is 2.10 bits per heavy atom. The van der Waals surface area contributed by atoms with E-state index in [0.29, 0.717) is 18.0 Å². The largest absolute Gasteiger partial charge is 0.493 e. The van der Waals surface area contributed by atoms with Crippen molar-refractivity contribution in [1.82, 2.24) is 0 Å². The van der Waals surface area contributed by atoms with Crippen LogP contribution in [-0.4, -0.2) is 23.5 Å². The number of hydrogen-bond acceptors (Lipinski definition) is 5. The van der Waals surface area contributed by atoms with Crippen molar-refractivity contribution < 1.29 is 14.5 Å². The van der Waals surface area contributed by atoms with Crippen LogP contribution in [0.2, 0.25) is 0 Å². The Labute approximate surface area is 123 Å². The van der Waals surface area contributed by atoms with Crippen molar-refractivity contribution in [3.8, 4) is 5.75 Å². The van der Waals surface area contributed by atoms with Crippen LogP contribution in [-0.2, 0) is 4.79 Å². The predicted molar refractivity (Wildman–Crippen MR) is 80.3 cm³/mol. The monoisotopic (exact) mass is 295 g/mol. The fourth-order valence-electron chi connectivity index (χ4n) is 1.82. The number of amides is 1. The van der Waals surface area contributed by atoms with E-state index in [1.165, 1.54) is 12.1 Å². The van der Waals surface area contributed by atoms with E-state index < -0.39 is 16.9 Å². The van der Waals surface area contributed by atoms with E-state index in [4.69, 9.17) is 10.5 Å². The van der Waals surface area contributed by atoms with E-state index in [1.54, 1.807) is 6.07 Å². The van der Waals surface area contributed by atoms with Crippen molar-refractivity contribution in [2.24, 2.45) is 11.7 Å². The molecule has 1 aromatic rings. The number of carbonyl (C=O) groups excluding carboxylic acids is 1. The first-order chi connectivity index (χ1) is 9.85. The molecule has 0 heterocycles. The first-order valence-corrected chi connectivity index (χ1v) is 6.83. The summed E-state index contributed by atoms with van der Waals surface area (Å²) >= 11 is 0. The van der Waals surface area contributed by atoms with E-state index >= 15 is 0 Å². The molecular formula is C14H21N3O4. The Hall–Kier alpha value is -2.31. The number of nitro groups is 1. The maximum Gasteiger partial charge on any atom is 0.275 e. The van der Waals surface area contributed by atoms with Gasteiger partial charge in [0.1, 0.15) is 11.8 Å². The van der Waals surface area contributed by atoms with Crippen molar-refractivity contribution >= 4 is 17.3 Å². The van der Waals surface area contributed by atoms with Crippen LogP contribution in [0.3, 0.4) is 0 Å². The Bertz CT molecular complexity index is 517. The van der Waals surface area contributed by atoms with Crippen molar-refractivity contribution in [1.29, 1.82) is 0 Å². The topological polar surface area (TPSA) is 107 Å². The molecule has 1 unspecified atom stereocenters. The predicted octanol–water partition coefficient (Wildman–Crippen LogP) is 2.31. The van der Waals surface area contributed by atoms with Gasteiger partial charge in [0, 0.05) is 17.8 Å². The van der Waals surface area contributed by atoms with Gasteiger partial charge in [-0.3, -0.25) is 14.9 Å². The lowest BCUT2D eigenvalue weighted by Gasteiger charge is -2.20. The molecule has 116 valence electrons. The van der Waals surface area contributed by atoms with Crippen LogP contribution in [0.4, 0.5) is 11.4 Å². The summed E-state index contributed by atoms with van der Waals surface area (Å²) in [4.78, 5) is 21.9. The zero-order chi connectivity index (χ0) is 16.0. The van der Waals surface area contributed by atoms with Crippen LogP contribution in [0, 0.1) is 16.0 Å². The van der Waals surface area contributed by atoms with Crippen LogP contribution in [0.25, 0.3) is 0 Å². The second-order valence-corrected chi connectivity index (χ2v) is 5.09. The molecule has 1 amide bonds. The van der Waals surface area contributed by atoms with E-state index in [0.717, 1.165) is 6.42 Å². The van der Waals surface area contributed by atoms with Crippen LogP contribution in [0.15, 0.2) is 18.2 Å². The number of carbonyl (C=O) groups is 1. The standard InChI is InChI=1S/C14H21N3O4/c1-4-5-21-12-7-10(6-11(8-12)17(19)20)16-13(9(2)3)14(15)18/h6-9,13,16H,4-5H2,1-3H3,(H2,15,18). The highest BCUT2D eigenvalue weighted by Crippen LogP contribution is 2.27. The van der Waals surface area contributed by atoms with Crippen LogP contribution in [0.5, 0.6) is 5.75 Å². The minimum Gasteiger partial charge on any atom is -0.493 e. The molecule has 0 radical (unpaired) electrons. The van der Waals surface area contributed by atoms with Gasteiger partial charge in [0.25, 0.3) is 5.69 Å². The molecule has 0 aliphatic heterocycles. The van der Waals surface area contributed by atoms with Crippen LogP contribution in [0.1, 0.15) is 27.2 Å². The minimum atomic E-state index is -0.606. The summed E-state index contributed by atoms with van der Waals surface area (Å²) in [7, 11) is 0. The molecule has 0 bridgehead atoms. The lowest BCUT2D eigenvalue weighted by Crippen LogP contribution is -2.39. The van der Waals surface area contributed by atoms with Gasteiger partial charge in [-0.05, 0) is 12.3 Å². The number of anilines is 1. The number of hydrogen-bond donors (Lipinski definition) is 2. The van der Waals surface area contributed by atoms with Gasteiger partial charge in [0.2, 0.25) is 5.91 Å². The number of nitrogens with two attached hydrogens (primary N) is 1. The molecule has 0 aromatic heterocycles. The van der Waals surface area contributed by atoms with Gasteiger partial charge in [-0.15, -0.1) is 0 Å². The number of benzene rings is 1. The number of non-ortho nitro benzene ring substituents is 1. The van der Waals surface area contributed by atoms with Crippen molar-refractivity contribution in [2.45, 2.75) is 33.2 Å². The molecule has 0 spiro atoms. The molecule has 7 heteroatoms. The Balaban J connectivity index is 3.06. The molecule has 0 fully saturated rings. The lowest BCUT2D eigenvalue weighted by atomic mass is 10.0. The molecule has 1 rings (SSSR count). The fraction of sp³-hybridized carbons (Fsp3) is 0.500. The van der Waals surface area contributed by atoms with Gasteiger partial charge >= 0.3 is 0 Å². The highest BCUT2D eigenvalue weighted by molar-refractivity contribution is 5.83. The molecule has 1 aromatic carbocycles. The lowest BCUT2D eigenvalue weighted by molar-refractivity contribution is -0.384. The number of ether oxygens (including phenoxy) is 1. The van der Waals surface area contributed by atoms with Gasteiger partial charge < -0.3 is 15.8 Å². The van der Waals surface area contributed by atoms with Gasteiger partial charge in [0.15, 0.2) is 0 Å². The summed E-state index contributed by atoms with van der Waals surface area (Å²) in [6.45, 7) is 6.09. The second-order valence-electron chi connectivity index (χ2n) is 5.09. The maximum atomic E-state index is 11.4. The van der Waals surface area contributed by atoms with E-state index in [2.05, 4.69) is 5.32 Å². The summed E-state index contributed by atoms with van der Waals surface area (Å²) in [6.07, 6.45) is 0.793. The van der Waals surface area contributed by atoms with Gasteiger partial charge in [-0.25, -0.2) is 0 Å². The molecule has 0 saturated heterocycles. The molecule has 1 atom stereocenters. The number of rotatable bonds is 8. The molecule has 0 saturated carbocycles. The zero-order valence-electron chi connectivity index (χ0n) is 12.5.